The Bertz CT molecular complexity index is 799. The maximum absolute atomic E-state index is 13.3. The molecular weight excluding hydrogens is 331 g/mol. The Morgan fingerprint density at radius 1 is 1.30 bits per heavy atom. The van der Waals surface area contributed by atoms with Crippen molar-refractivity contribution in [2.75, 3.05) is 6.54 Å². The van der Waals surface area contributed by atoms with E-state index in [1.165, 1.54) is 23.5 Å². The number of amides is 1. The van der Waals surface area contributed by atoms with Crippen molar-refractivity contribution in [2.24, 2.45) is 0 Å². The molecule has 2 aromatic heterocycles. The number of aromatic nitrogens is 1. The maximum Gasteiger partial charge on any atom is 0.265 e. The van der Waals surface area contributed by atoms with Crippen molar-refractivity contribution in [3.05, 3.63) is 64.2 Å². The summed E-state index contributed by atoms with van der Waals surface area (Å²) in [5, 5.41) is 2.84. The van der Waals surface area contributed by atoms with E-state index in [9.17, 15) is 9.18 Å². The molecule has 3 nitrogen and oxygen atoms in total. The van der Waals surface area contributed by atoms with Crippen molar-refractivity contribution < 1.29 is 9.18 Å². The van der Waals surface area contributed by atoms with Gasteiger partial charge in [0, 0.05) is 13.1 Å². The van der Waals surface area contributed by atoms with Crippen LogP contribution in [0.5, 0.6) is 0 Å². The van der Waals surface area contributed by atoms with Gasteiger partial charge in [-0.1, -0.05) is 18.2 Å². The van der Waals surface area contributed by atoms with Gasteiger partial charge in [0.15, 0.2) is 0 Å². The van der Waals surface area contributed by atoms with Crippen molar-refractivity contribution in [1.29, 1.82) is 0 Å². The molecule has 0 aliphatic carbocycles. The molecule has 3 aromatic rings. The summed E-state index contributed by atoms with van der Waals surface area (Å²) in [6.07, 6.45) is 1.62. The first kappa shape index (κ1) is 15.8. The van der Waals surface area contributed by atoms with Gasteiger partial charge in [-0.15, -0.1) is 22.7 Å². The van der Waals surface area contributed by atoms with Gasteiger partial charge in [0.05, 0.1) is 11.1 Å². The summed E-state index contributed by atoms with van der Waals surface area (Å²) in [5.74, 6) is -0.360. The van der Waals surface area contributed by atoms with Crippen LogP contribution in [0, 0.1) is 5.82 Å². The smallest absolute Gasteiger partial charge is 0.265 e. The van der Waals surface area contributed by atoms with Crippen LogP contribution < -0.4 is 0 Å². The first-order valence-corrected chi connectivity index (χ1v) is 8.90. The molecule has 1 amide bonds. The normalized spacial score (nSPS) is 10.7. The van der Waals surface area contributed by atoms with Gasteiger partial charge in [-0.2, -0.15) is 0 Å². The molecule has 0 unspecified atom stereocenters. The van der Waals surface area contributed by atoms with E-state index in [0.29, 0.717) is 18.0 Å². The minimum atomic E-state index is -0.288. The molecular formula is C17H15FN2OS2. The highest BCUT2D eigenvalue weighted by Gasteiger charge is 2.18. The van der Waals surface area contributed by atoms with Crippen LogP contribution >= 0.6 is 22.7 Å². The van der Waals surface area contributed by atoms with E-state index in [4.69, 9.17) is 0 Å². The zero-order valence-corrected chi connectivity index (χ0v) is 14.2. The van der Waals surface area contributed by atoms with Crippen molar-refractivity contribution in [1.82, 2.24) is 9.88 Å². The van der Waals surface area contributed by atoms with Crippen molar-refractivity contribution in [3.8, 4) is 9.88 Å². The number of benzene rings is 1. The van der Waals surface area contributed by atoms with Crippen LogP contribution in [0.15, 0.2) is 48.0 Å². The highest BCUT2D eigenvalue weighted by Crippen LogP contribution is 2.29. The molecule has 0 saturated carbocycles. The molecule has 0 fully saturated rings. The molecule has 0 spiro atoms. The van der Waals surface area contributed by atoms with Crippen molar-refractivity contribution in [2.45, 2.75) is 13.5 Å². The van der Waals surface area contributed by atoms with Gasteiger partial charge in [0.1, 0.15) is 15.7 Å². The van der Waals surface area contributed by atoms with E-state index < -0.39 is 0 Å². The van der Waals surface area contributed by atoms with Crippen LogP contribution in [-0.4, -0.2) is 22.3 Å². The third kappa shape index (κ3) is 3.65. The molecule has 1 aromatic carbocycles. The average Bonchev–Trinajstić information content (AvgIpc) is 3.22. The molecule has 0 bridgehead atoms. The minimum Gasteiger partial charge on any atom is -0.334 e. The number of hydrogen-bond donors (Lipinski definition) is 0. The second-order valence-electron chi connectivity index (χ2n) is 4.96. The van der Waals surface area contributed by atoms with Gasteiger partial charge in [-0.05, 0) is 36.1 Å². The molecule has 3 rings (SSSR count). The number of rotatable bonds is 5. The Hall–Kier alpha value is -2.05. The topological polar surface area (TPSA) is 33.2 Å². The lowest BCUT2D eigenvalue weighted by Crippen LogP contribution is -2.29. The van der Waals surface area contributed by atoms with Gasteiger partial charge >= 0.3 is 0 Å². The third-order valence-corrected chi connectivity index (χ3v) is 5.40. The summed E-state index contributed by atoms with van der Waals surface area (Å²) in [6, 6.07) is 10.3. The second-order valence-corrected chi connectivity index (χ2v) is 6.93. The van der Waals surface area contributed by atoms with Gasteiger partial charge in [-0.25, -0.2) is 9.37 Å². The first-order chi connectivity index (χ1) is 11.2. The number of thiazole rings is 1. The Labute approximate surface area is 142 Å². The number of nitrogens with zero attached hydrogens (tertiary/aromatic N) is 2. The van der Waals surface area contributed by atoms with E-state index in [2.05, 4.69) is 4.98 Å². The molecule has 0 aliphatic rings. The monoisotopic (exact) mass is 346 g/mol. The number of carbonyl (C=O) groups is 1. The standard InChI is InChI=1S/C17H15FN2OS2/c1-2-20(11-12-5-3-6-13(18)9-12)17(21)15-10-19-16(23-15)14-7-4-8-22-14/h3-10H,2,11H2,1H3. The molecule has 0 aliphatic heterocycles. The lowest BCUT2D eigenvalue weighted by molar-refractivity contribution is 0.0757. The number of hydrogen-bond acceptors (Lipinski definition) is 4. The summed E-state index contributed by atoms with van der Waals surface area (Å²) < 4.78 is 13.3. The van der Waals surface area contributed by atoms with E-state index in [-0.39, 0.29) is 11.7 Å². The molecule has 23 heavy (non-hydrogen) atoms. The Morgan fingerprint density at radius 2 is 2.17 bits per heavy atom. The van der Waals surface area contributed by atoms with Crippen LogP contribution in [0.3, 0.4) is 0 Å². The summed E-state index contributed by atoms with van der Waals surface area (Å²) >= 11 is 2.99. The SMILES string of the molecule is CCN(Cc1cccc(F)c1)C(=O)c1cnc(-c2cccs2)s1. The van der Waals surface area contributed by atoms with Crippen molar-refractivity contribution in [3.63, 3.8) is 0 Å². The largest absolute Gasteiger partial charge is 0.334 e. The predicted molar refractivity (Wildman–Crippen MR) is 92.2 cm³/mol. The lowest BCUT2D eigenvalue weighted by Gasteiger charge is -2.20. The van der Waals surface area contributed by atoms with Gasteiger partial charge in [0.2, 0.25) is 0 Å². The van der Waals surface area contributed by atoms with Gasteiger partial charge in [0.25, 0.3) is 5.91 Å². The molecule has 118 valence electrons. The highest BCUT2D eigenvalue weighted by molar-refractivity contribution is 7.21. The second kappa shape index (κ2) is 7.02. The summed E-state index contributed by atoms with van der Waals surface area (Å²) in [7, 11) is 0. The number of carbonyl (C=O) groups excluding carboxylic acids is 1. The van der Waals surface area contributed by atoms with Crippen LogP contribution in [0.25, 0.3) is 9.88 Å². The summed E-state index contributed by atoms with van der Waals surface area (Å²) in [4.78, 5) is 20.3. The third-order valence-electron chi connectivity index (χ3n) is 3.38. The van der Waals surface area contributed by atoms with Gasteiger partial charge in [-0.3, -0.25) is 4.79 Å². The molecule has 0 saturated heterocycles. The molecule has 2 heterocycles. The molecule has 0 atom stereocenters. The van der Waals surface area contributed by atoms with Crippen molar-refractivity contribution >= 4 is 28.6 Å². The zero-order valence-electron chi connectivity index (χ0n) is 12.5. The zero-order chi connectivity index (χ0) is 16.2. The number of thiophene rings is 1. The van der Waals surface area contributed by atoms with E-state index >= 15 is 0 Å². The fraction of sp³-hybridized carbons (Fsp3) is 0.176. The molecule has 0 radical (unpaired) electrons. The van der Waals surface area contributed by atoms with E-state index in [1.54, 1.807) is 28.5 Å². The fourth-order valence-electron chi connectivity index (χ4n) is 2.23. The summed E-state index contributed by atoms with van der Waals surface area (Å²) in [6.45, 7) is 2.86. The molecule has 6 heteroatoms. The fourth-order valence-corrected chi connectivity index (χ4v) is 3.91. The van der Waals surface area contributed by atoms with E-state index in [0.717, 1.165) is 15.4 Å². The van der Waals surface area contributed by atoms with Crippen LogP contribution in [0.1, 0.15) is 22.2 Å². The molecule has 0 N–H and O–H groups in total. The Balaban J connectivity index is 1.77. The lowest BCUT2D eigenvalue weighted by atomic mass is 10.2. The summed E-state index contributed by atoms with van der Waals surface area (Å²) in [5.41, 5.74) is 0.781. The maximum atomic E-state index is 13.3. The Morgan fingerprint density at radius 3 is 2.87 bits per heavy atom. The quantitative estimate of drug-likeness (QED) is 0.672. The Kier molecular flexibility index (Phi) is 4.83. The minimum absolute atomic E-state index is 0.0722. The van der Waals surface area contributed by atoms with Crippen LogP contribution in [-0.2, 0) is 6.54 Å². The highest BCUT2D eigenvalue weighted by atomic mass is 32.1. The number of halogens is 1. The van der Waals surface area contributed by atoms with Gasteiger partial charge < -0.3 is 4.90 Å². The van der Waals surface area contributed by atoms with Crippen LogP contribution in [0.4, 0.5) is 4.39 Å². The van der Waals surface area contributed by atoms with Crippen LogP contribution in [0.2, 0.25) is 0 Å². The first-order valence-electron chi connectivity index (χ1n) is 7.21. The predicted octanol–water partition coefficient (Wildman–Crippen LogP) is 4.67. The average molecular weight is 346 g/mol. The van der Waals surface area contributed by atoms with E-state index in [1.807, 2.05) is 30.5 Å².